The lowest BCUT2D eigenvalue weighted by molar-refractivity contribution is 0.229. The standard InChI is InChI=1S/C12H20BO5P.C10H14BrO3P.2CH4/c1-5-17-19(14,18-6-2)12-9-7-8-11(10-12)13(15-3)16-4;1-3-13-15(12,14-4-2)10-7-5-6-9(11)8-10;;/h7-10H,5-6H2,1-4H3;5-8H,3-4H2,1-2H3;2*1H4. The molecule has 0 aliphatic rings. The van der Waals surface area contributed by atoms with Crippen molar-refractivity contribution in [3.05, 3.63) is 53.0 Å². The molecular formula is C24H42BBrO8P2. The highest BCUT2D eigenvalue weighted by Crippen LogP contribution is 2.47. The summed E-state index contributed by atoms with van der Waals surface area (Å²) in [5.74, 6) is 0. The Hall–Kier alpha value is -0.795. The van der Waals surface area contributed by atoms with Crippen LogP contribution < -0.4 is 16.1 Å². The third-order valence-electron chi connectivity index (χ3n) is 4.21. The molecule has 2 aromatic rings. The lowest BCUT2D eigenvalue weighted by Crippen LogP contribution is -2.36. The average molecular weight is 611 g/mol. The maximum atomic E-state index is 12.6. The van der Waals surface area contributed by atoms with Gasteiger partial charge in [0.1, 0.15) is 0 Å². The second-order valence-electron chi connectivity index (χ2n) is 6.54. The van der Waals surface area contributed by atoms with Crippen LogP contribution in [0.15, 0.2) is 53.0 Å². The van der Waals surface area contributed by atoms with E-state index in [1.807, 2.05) is 18.2 Å². The molecule has 0 saturated heterocycles. The summed E-state index contributed by atoms with van der Waals surface area (Å²) in [6, 6.07) is 14.2. The van der Waals surface area contributed by atoms with Crippen molar-refractivity contribution in [2.24, 2.45) is 0 Å². The van der Waals surface area contributed by atoms with E-state index in [9.17, 15) is 9.13 Å². The van der Waals surface area contributed by atoms with E-state index in [0.29, 0.717) is 37.0 Å². The quantitative estimate of drug-likeness (QED) is 0.196. The maximum absolute atomic E-state index is 12.6. The van der Waals surface area contributed by atoms with Crippen LogP contribution in [0.1, 0.15) is 42.5 Å². The Morgan fingerprint density at radius 3 is 1.44 bits per heavy atom. The van der Waals surface area contributed by atoms with Crippen molar-refractivity contribution in [1.82, 2.24) is 0 Å². The summed E-state index contributed by atoms with van der Waals surface area (Å²) in [6.07, 6.45) is 0. The fraction of sp³-hybridized carbons (Fsp3) is 0.500. The Kier molecular flexibility index (Phi) is 20.0. The van der Waals surface area contributed by atoms with Crippen molar-refractivity contribution in [1.29, 1.82) is 0 Å². The lowest BCUT2D eigenvalue weighted by atomic mass is 9.79. The Morgan fingerprint density at radius 2 is 1.08 bits per heavy atom. The van der Waals surface area contributed by atoms with Crippen LogP contribution in [0.25, 0.3) is 0 Å². The fourth-order valence-electron chi connectivity index (χ4n) is 2.91. The fourth-order valence-corrected chi connectivity index (χ4v) is 6.73. The van der Waals surface area contributed by atoms with Crippen LogP contribution in [0.3, 0.4) is 0 Å². The van der Waals surface area contributed by atoms with Crippen LogP contribution in [0.2, 0.25) is 0 Å². The molecule has 0 atom stereocenters. The van der Waals surface area contributed by atoms with E-state index in [1.54, 1.807) is 72.2 Å². The predicted molar refractivity (Wildman–Crippen MR) is 154 cm³/mol. The van der Waals surface area contributed by atoms with Gasteiger partial charge in [0.25, 0.3) is 0 Å². The minimum absolute atomic E-state index is 0. The van der Waals surface area contributed by atoms with Crippen LogP contribution in [0, 0.1) is 0 Å². The maximum Gasteiger partial charge on any atom is 0.493 e. The predicted octanol–water partition coefficient (Wildman–Crippen LogP) is 6.18. The molecule has 0 aliphatic carbocycles. The Morgan fingerprint density at radius 1 is 0.694 bits per heavy atom. The first-order chi connectivity index (χ1) is 16.2. The van der Waals surface area contributed by atoms with Crippen molar-refractivity contribution >= 4 is 54.3 Å². The highest BCUT2D eigenvalue weighted by atomic mass is 79.9. The first kappa shape index (κ1) is 37.4. The molecule has 8 nitrogen and oxygen atoms in total. The van der Waals surface area contributed by atoms with Crippen LogP contribution in [0.4, 0.5) is 0 Å². The van der Waals surface area contributed by atoms with Crippen LogP contribution in [-0.4, -0.2) is 47.8 Å². The van der Waals surface area contributed by atoms with Crippen LogP contribution >= 0.6 is 31.1 Å². The van der Waals surface area contributed by atoms with Crippen molar-refractivity contribution in [2.45, 2.75) is 42.5 Å². The molecule has 206 valence electrons. The molecular weight excluding hydrogens is 569 g/mol. The normalized spacial score (nSPS) is 11.0. The lowest BCUT2D eigenvalue weighted by Gasteiger charge is -2.18. The van der Waals surface area contributed by atoms with E-state index in [-0.39, 0.29) is 14.9 Å². The van der Waals surface area contributed by atoms with Gasteiger partial charge in [-0.3, -0.25) is 9.13 Å². The number of hydrogen-bond donors (Lipinski definition) is 0. The van der Waals surface area contributed by atoms with Gasteiger partial charge in [-0.05, 0) is 63.5 Å². The second kappa shape index (κ2) is 19.3. The van der Waals surface area contributed by atoms with Gasteiger partial charge >= 0.3 is 22.3 Å². The minimum atomic E-state index is -3.27. The number of rotatable bonds is 13. The molecule has 0 amide bonds. The highest BCUT2D eigenvalue weighted by molar-refractivity contribution is 9.10. The SMILES string of the molecule is C.C.CCOP(=O)(OCC)c1cccc(B(OC)OC)c1.CCOP(=O)(OCC)c1cccc(Br)c1. The van der Waals surface area contributed by atoms with Crippen LogP contribution in [0.5, 0.6) is 0 Å². The zero-order chi connectivity index (χ0) is 25.6. The Balaban J connectivity index is 0. The van der Waals surface area contributed by atoms with Gasteiger partial charge in [-0.2, -0.15) is 0 Å². The van der Waals surface area contributed by atoms with Crippen molar-refractivity contribution < 1.29 is 36.5 Å². The summed E-state index contributed by atoms with van der Waals surface area (Å²) in [5.41, 5.74) is 0.766. The summed E-state index contributed by atoms with van der Waals surface area (Å²) in [7, 11) is -3.81. The molecule has 0 spiro atoms. The van der Waals surface area contributed by atoms with Crippen molar-refractivity contribution in [3.63, 3.8) is 0 Å². The largest absolute Gasteiger partial charge is 0.493 e. The summed E-state index contributed by atoms with van der Waals surface area (Å²) >= 11 is 3.32. The molecule has 0 aromatic heterocycles. The summed E-state index contributed by atoms with van der Waals surface area (Å²) in [6.45, 7) is 8.52. The molecule has 36 heavy (non-hydrogen) atoms. The molecule has 0 bridgehead atoms. The van der Waals surface area contributed by atoms with Gasteiger partial charge in [0.15, 0.2) is 0 Å². The molecule has 0 unspecified atom stereocenters. The molecule has 0 aliphatic heterocycles. The number of halogens is 1. The smallest absolute Gasteiger partial charge is 0.410 e. The summed E-state index contributed by atoms with van der Waals surface area (Å²) in [4.78, 5) is 0. The van der Waals surface area contributed by atoms with E-state index in [4.69, 9.17) is 27.4 Å². The molecule has 0 heterocycles. The second-order valence-corrected chi connectivity index (χ2v) is 11.5. The first-order valence-electron chi connectivity index (χ1n) is 10.9. The minimum Gasteiger partial charge on any atom is -0.410 e. The average Bonchev–Trinajstić information content (AvgIpc) is 2.81. The van der Waals surface area contributed by atoms with E-state index >= 15 is 0 Å². The molecule has 0 saturated carbocycles. The zero-order valence-corrected chi connectivity index (χ0v) is 23.9. The first-order valence-corrected chi connectivity index (χ1v) is 14.8. The summed E-state index contributed by atoms with van der Waals surface area (Å²) in [5, 5.41) is 1.09. The monoisotopic (exact) mass is 610 g/mol. The third-order valence-corrected chi connectivity index (χ3v) is 8.91. The van der Waals surface area contributed by atoms with Gasteiger partial charge in [0, 0.05) is 18.7 Å². The molecule has 2 rings (SSSR count). The topological polar surface area (TPSA) is 89.5 Å². The van der Waals surface area contributed by atoms with E-state index in [1.165, 1.54) is 0 Å². The Bertz CT molecular complexity index is 939. The van der Waals surface area contributed by atoms with Crippen molar-refractivity contribution in [3.8, 4) is 0 Å². The molecule has 0 radical (unpaired) electrons. The molecule has 12 heteroatoms. The highest BCUT2D eigenvalue weighted by Gasteiger charge is 2.29. The Labute approximate surface area is 226 Å². The summed E-state index contributed by atoms with van der Waals surface area (Å²) < 4.78 is 57.2. The molecule has 2 aromatic carbocycles. The molecule has 0 N–H and O–H groups in total. The van der Waals surface area contributed by atoms with Crippen LogP contribution in [-0.2, 0) is 36.5 Å². The number of benzene rings is 2. The van der Waals surface area contributed by atoms with E-state index in [0.717, 1.165) is 9.94 Å². The van der Waals surface area contributed by atoms with E-state index < -0.39 is 22.3 Å². The zero-order valence-electron chi connectivity index (χ0n) is 20.6. The van der Waals surface area contributed by atoms with Gasteiger partial charge in [-0.15, -0.1) is 0 Å². The van der Waals surface area contributed by atoms with Crippen molar-refractivity contribution in [2.75, 3.05) is 40.6 Å². The third kappa shape index (κ3) is 11.3. The molecule has 0 fully saturated rings. The van der Waals surface area contributed by atoms with E-state index in [2.05, 4.69) is 15.9 Å². The van der Waals surface area contributed by atoms with Gasteiger partial charge in [0.05, 0.1) is 37.0 Å². The van der Waals surface area contributed by atoms with Gasteiger partial charge in [-0.25, -0.2) is 0 Å². The van der Waals surface area contributed by atoms with Gasteiger partial charge in [-0.1, -0.05) is 49.0 Å². The van der Waals surface area contributed by atoms with Gasteiger partial charge < -0.3 is 27.4 Å². The van der Waals surface area contributed by atoms with Gasteiger partial charge in [0.2, 0.25) is 0 Å². The number of hydrogen-bond acceptors (Lipinski definition) is 8.